The maximum Gasteiger partial charge on any atom is 0.321 e. The molecule has 1 aliphatic rings. The van der Waals surface area contributed by atoms with E-state index in [9.17, 15) is 4.79 Å². The van der Waals surface area contributed by atoms with Crippen LogP contribution in [-0.4, -0.2) is 35.5 Å². The molecule has 1 fully saturated rings. The SMILES string of the molecule is Cc1ccc(NC(=O)N2CCSCC2)cc1. The lowest BCUT2D eigenvalue weighted by atomic mass is 10.2. The minimum absolute atomic E-state index is 0.0177. The topological polar surface area (TPSA) is 32.3 Å². The summed E-state index contributed by atoms with van der Waals surface area (Å²) in [7, 11) is 0. The van der Waals surface area contributed by atoms with Crippen molar-refractivity contribution in [2.45, 2.75) is 6.92 Å². The summed E-state index contributed by atoms with van der Waals surface area (Å²) in [6.07, 6.45) is 0. The number of carbonyl (C=O) groups is 1. The van der Waals surface area contributed by atoms with E-state index in [2.05, 4.69) is 5.32 Å². The highest BCUT2D eigenvalue weighted by Gasteiger charge is 2.16. The van der Waals surface area contributed by atoms with Crippen LogP contribution in [0.5, 0.6) is 0 Å². The Morgan fingerprint density at radius 2 is 1.88 bits per heavy atom. The number of aryl methyl sites for hydroxylation is 1. The lowest BCUT2D eigenvalue weighted by Gasteiger charge is -2.26. The number of hydrogen-bond donors (Lipinski definition) is 1. The first-order valence-electron chi connectivity index (χ1n) is 5.46. The average molecular weight is 236 g/mol. The molecule has 1 aromatic carbocycles. The van der Waals surface area contributed by atoms with E-state index in [1.54, 1.807) is 0 Å². The zero-order chi connectivity index (χ0) is 11.4. The van der Waals surface area contributed by atoms with Gasteiger partial charge in [-0.1, -0.05) is 17.7 Å². The van der Waals surface area contributed by atoms with Gasteiger partial charge in [-0.2, -0.15) is 11.8 Å². The highest BCUT2D eigenvalue weighted by molar-refractivity contribution is 7.99. The van der Waals surface area contributed by atoms with Crippen LogP contribution >= 0.6 is 11.8 Å². The van der Waals surface area contributed by atoms with Crippen LogP contribution in [0.3, 0.4) is 0 Å². The van der Waals surface area contributed by atoms with Crippen molar-refractivity contribution < 1.29 is 4.79 Å². The number of rotatable bonds is 1. The Morgan fingerprint density at radius 1 is 1.25 bits per heavy atom. The Kier molecular flexibility index (Phi) is 3.72. The molecule has 1 aromatic rings. The molecule has 0 radical (unpaired) electrons. The second kappa shape index (κ2) is 5.25. The summed E-state index contributed by atoms with van der Waals surface area (Å²) in [5, 5.41) is 2.92. The molecule has 0 unspecified atom stereocenters. The van der Waals surface area contributed by atoms with Crippen LogP contribution in [0.15, 0.2) is 24.3 Å². The number of benzene rings is 1. The minimum Gasteiger partial charge on any atom is -0.323 e. The summed E-state index contributed by atoms with van der Waals surface area (Å²) < 4.78 is 0. The molecule has 3 nitrogen and oxygen atoms in total. The average Bonchev–Trinajstić information content (AvgIpc) is 2.33. The molecule has 4 heteroatoms. The van der Waals surface area contributed by atoms with Crippen LogP contribution in [0, 0.1) is 6.92 Å². The van der Waals surface area contributed by atoms with Gasteiger partial charge in [0.25, 0.3) is 0 Å². The summed E-state index contributed by atoms with van der Waals surface area (Å²) in [5.41, 5.74) is 2.07. The summed E-state index contributed by atoms with van der Waals surface area (Å²) >= 11 is 1.90. The normalized spacial score (nSPS) is 15.9. The lowest BCUT2D eigenvalue weighted by molar-refractivity contribution is 0.217. The van der Waals surface area contributed by atoms with E-state index < -0.39 is 0 Å². The molecule has 0 aliphatic carbocycles. The van der Waals surface area contributed by atoms with Gasteiger partial charge >= 0.3 is 6.03 Å². The molecule has 1 saturated heterocycles. The number of hydrogen-bond acceptors (Lipinski definition) is 2. The predicted molar refractivity (Wildman–Crippen MR) is 69.1 cm³/mol. The molecule has 2 rings (SSSR count). The van der Waals surface area contributed by atoms with Crippen molar-refractivity contribution in [1.29, 1.82) is 0 Å². The van der Waals surface area contributed by atoms with Crippen LogP contribution < -0.4 is 5.32 Å². The number of nitrogens with zero attached hydrogens (tertiary/aromatic N) is 1. The second-order valence-corrected chi connectivity index (χ2v) is 5.12. The Labute approximate surface area is 100 Å². The maximum atomic E-state index is 11.9. The largest absolute Gasteiger partial charge is 0.323 e. The fourth-order valence-electron chi connectivity index (χ4n) is 1.61. The van der Waals surface area contributed by atoms with Gasteiger partial charge < -0.3 is 10.2 Å². The molecule has 86 valence electrons. The third-order valence-corrected chi connectivity index (χ3v) is 3.54. The zero-order valence-electron chi connectivity index (χ0n) is 9.40. The minimum atomic E-state index is 0.0177. The van der Waals surface area contributed by atoms with Gasteiger partial charge in [-0.15, -0.1) is 0 Å². The fraction of sp³-hybridized carbons (Fsp3) is 0.417. The van der Waals surface area contributed by atoms with Gasteiger partial charge in [-0.3, -0.25) is 0 Å². The van der Waals surface area contributed by atoms with E-state index in [-0.39, 0.29) is 6.03 Å². The van der Waals surface area contributed by atoms with Crippen molar-refractivity contribution in [3.05, 3.63) is 29.8 Å². The van der Waals surface area contributed by atoms with Gasteiger partial charge in [0.2, 0.25) is 0 Å². The summed E-state index contributed by atoms with van der Waals surface area (Å²) in [4.78, 5) is 13.7. The highest BCUT2D eigenvalue weighted by Crippen LogP contribution is 2.13. The van der Waals surface area contributed by atoms with E-state index in [0.717, 1.165) is 30.3 Å². The molecular formula is C12H16N2OS. The fourth-order valence-corrected chi connectivity index (χ4v) is 2.51. The first-order chi connectivity index (χ1) is 7.75. The molecule has 0 atom stereocenters. The van der Waals surface area contributed by atoms with Crippen molar-refractivity contribution >= 4 is 23.5 Å². The third kappa shape index (κ3) is 2.92. The monoisotopic (exact) mass is 236 g/mol. The Hall–Kier alpha value is -1.16. The molecule has 16 heavy (non-hydrogen) atoms. The molecule has 1 N–H and O–H groups in total. The van der Waals surface area contributed by atoms with Crippen LogP contribution in [0.25, 0.3) is 0 Å². The van der Waals surface area contributed by atoms with Gasteiger partial charge in [0.15, 0.2) is 0 Å². The Bertz CT molecular complexity index is 358. The van der Waals surface area contributed by atoms with Gasteiger partial charge in [-0.05, 0) is 19.1 Å². The van der Waals surface area contributed by atoms with Gasteiger partial charge in [0, 0.05) is 30.3 Å². The number of anilines is 1. The Morgan fingerprint density at radius 3 is 2.50 bits per heavy atom. The standard InChI is InChI=1S/C12H16N2OS/c1-10-2-4-11(5-3-10)13-12(15)14-6-8-16-9-7-14/h2-5H,6-9H2,1H3,(H,13,15). The summed E-state index contributed by atoms with van der Waals surface area (Å²) in [6, 6.07) is 7.89. The molecule has 1 heterocycles. The Balaban J connectivity index is 1.93. The predicted octanol–water partition coefficient (Wildman–Crippen LogP) is 2.58. The number of carbonyl (C=O) groups excluding carboxylic acids is 1. The molecular weight excluding hydrogens is 220 g/mol. The van der Waals surface area contributed by atoms with Crippen LogP contribution in [0.2, 0.25) is 0 Å². The van der Waals surface area contributed by atoms with Crippen LogP contribution in [-0.2, 0) is 0 Å². The molecule has 2 amide bonds. The van der Waals surface area contributed by atoms with Crippen molar-refractivity contribution in [1.82, 2.24) is 4.90 Å². The number of nitrogens with one attached hydrogen (secondary N) is 1. The first-order valence-corrected chi connectivity index (χ1v) is 6.61. The summed E-state index contributed by atoms with van der Waals surface area (Å²) in [6.45, 7) is 3.73. The first kappa shape index (κ1) is 11.3. The summed E-state index contributed by atoms with van der Waals surface area (Å²) in [5.74, 6) is 2.09. The van der Waals surface area contributed by atoms with Crippen molar-refractivity contribution in [3.63, 3.8) is 0 Å². The van der Waals surface area contributed by atoms with Crippen molar-refractivity contribution in [3.8, 4) is 0 Å². The van der Waals surface area contributed by atoms with E-state index in [0.29, 0.717) is 0 Å². The van der Waals surface area contributed by atoms with E-state index in [1.807, 2.05) is 47.9 Å². The van der Waals surface area contributed by atoms with E-state index >= 15 is 0 Å². The lowest BCUT2D eigenvalue weighted by Crippen LogP contribution is -2.40. The quantitative estimate of drug-likeness (QED) is 0.813. The van der Waals surface area contributed by atoms with Crippen molar-refractivity contribution in [2.24, 2.45) is 0 Å². The molecule has 0 bridgehead atoms. The number of amides is 2. The van der Waals surface area contributed by atoms with Crippen LogP contribution in [0.4, 0.5) is 10.5 Å². The van der Waals surface area contributed by atoms with E-state index in [4.69, 9.17) is 0 Å². The van der Waals surface area contributed by atoms with Crippen LogP contribution in [0.1, 0.15) is 5.56 Å². The smallest absolute Gasteiger partial charge is 0.321 e. The maximum absolute atomic E-state index is 11.9. The van der Waals surface area contributed by atoms with Gasteiger partial charge in [0.05, 0.1) is 0 Å². The van der Waals surface area contributed by atoms with Crippen molar-refractivity contribution in [2.75, 3.05) is 29.9 Å². The van der Waals surface area contributed by atoms with Gasteiger partial charge in [0.1, 0.15) is 0 Å². The third-order valence-electron chi connectivity index (χ3n) is 2.60. The number of urea groups is 1. The number of thioether (sulfide) groups is 1. The zero-order valence-corrected chi connectivity index (χ0v) is 10.2. The molecule has 0 aromatic heterocycles. The van der Waals surface area contributed by atoms with Gasteiger partial charge in [-0.25, -0.2) is 4.79 Å². The molecule has 0 spiro atoms. The highest BCUT2D eigenvalue weighted by atomic mass is 32.2. The molecule has 0 saturated carbocycles. The molecule has 1 aliphatic heterocycles. The van der Waals surface area contributed by atoms with E-state index in [1.165, 1.54) is 5.56 Å². The second-order valence-electron chi connectivity index (χ2n) is 3.90.